The molecule has 0 aliphatic heterocycles. The highest BCUT2D eigenvalue weighted by Gasteiger charge is 2.07. The molecule has 0 aromatic carbocycles. The van der Waals surface area contributed by atoms with E-state index in [1.165, 1.54) is 0 Å². The van der Waals surface area contributed by atoms with Crippen LogP contribution >= 0.6 is 0 Å². The van der Waals surface area contributed by atoms with Gasteiger partial charge in [-0.2, -0.15) is 5.26 Å². The Hall–Kier alpha value is -1.34. The van der Waals surface area contributed by atoms with Crippen molar-refractivity contribution in [2.24, 2.45) is 0 Å². The van der Waals surface area contributed by atoms with Crippen LogP contribution in [0, 0.1) is 11.3 Å². The van der Waals surface area contributed by atoms with Crippen LogP contribution in [0.4, 0.5) is 0 Å². The smallest absolute Gasteiger partial charge is 0.121 e. The molecule has 1 N–H and O–H groups in total. The Bertz CT molecular complexity index is 335. The first-order valence-corrected chi connectivity index (χ1v) is 5.32. The molecule has 0 saturated carbocycles. The number of nitrogens with zero attached hydrogens (tertiary/aromatic N) is 3. The van der Waals surface area contributed by atoms with Gasteiger partial charge >= 0.3 is 0 Å². The fourth-order valence-electron chi connectivity index (χ4n) is 1.32. The van der Waals surface area contributed by atoms with E-state index in [1.807, 2.05) is 17.7 Å². The Morgan fingerprint density at radius 1 is 1.60 bits per heavy atom. The minimum absolute atomic E-state index is 0.0923. The predicted molar refractivity (Wildman–Crippen MR) is 59.1 cm³/mol. The average Bonchev–Trinajstić information content (AvgIpc) is 2.65. The molecule has 0 radical (unpaired) electrons. The van der Waals surface area contributed by atoms with Crippen molar-refractivity contribution < 1.29 is 0 Å². The van der Waals surface area contributed by atoms with Gasteiger partial charge in [0, 0.05) is 18.8 Å². The first kappa shape index (κ1) is 11.7. The van der Waals surface area contributed by atoms with Gasteiger partial charge in [-0.1, -0.05) is 20.8 Å². The molecule has 0 spiro atoms. The molecular weight excluding hydrogens is 188 g/mol. The lowest BCUT2D eigenvalue weighted by Gasteiger charge is -2.06. The zero-order valence-corrected chi connectivity index (χ0v) is 9.57. The van der Waals surface area contributed by atoms with Crippen LogP contribution in [0.3, 0.4) is 0 Å². The number of nitrogens with one attached hydrogen (secondary N) is 1. The minimum Gasteiger partial charge on any atom is -0.321 e. The Morgan fingerprint density at radius 3 is 2.87 bits per heavy atom. The zero-order chi connectivity index (χ0) is 11.3. The third-order valence-corrected chi connectivity index (χ3v) is 2.24. The molecule has 1 aromatic rings. The van der Waals surface area contributed by atoms with Gasteiger partial charge in [0.2, 0.25) is 0 Å². The van der Waals surface area contributed by atoms with Gasteiger partial charge in [-0.15, -0.1) is 0 Å². The van der Waals surface area contributed by atoms with Crippen LogP contribution in [0.25, 0.3) is 0 Å². The number of hydrogen-bond donors (Lipinski definition) is 1. The van der Waals surface area contributed by atoms with Crippen molar-refractivity contribution in [2.75, 3.05) is 0 Å². The van der Waals surface area contributed by atoms with Gasteiger partial charge in [0.15, 0.2) is 0 Å². The first-order valence-electron chi connectivity index (χ1n) is 5.32. The maximum atomic E-state index is 8.89. The van der Waals surface area contributed by atoms with Gasteiger partial charge < -0.3 is 9.88 Å². The highest BCUT2D eigenvalue weighted by Crippen LogP contribution is 2.10. The maximum Gasteiger partial charge on any atom is 0.121 e. The van der Waals surface area contributed by atoms with Crippen LogP contribution in [0.15, 0.2) is 12.5 Å². The van der Waals surface area contributed by atoms with Crippen LogP contribution in [0.1, 0.15) is 38.9 Å². The van der Waals surface area contributed by atoms with Crippen molar-refractivity contribution in [3.8, 4) is 6.07 Å². The Labute approximate surface area is 90.9 Å². The molecule has 0 bridgehead atoms. The molecule has 1 aromatic heterocycles. The molecule has 0 saturated heterocycles. The van der Waals surface area contributed by atoms with Crippen molar-refractivity contribution in [2.45, 2.75) is 45.8 Å². The summed E-state index contributed by atoms with van der Waals surface area (Å²) in [6, 6.07) is 2.61. The number of hydrogen-bond acceptors (Lipinski definition) is 3. The highest BCUT2D eigenvalue weighted by molar-refractivity contribution is 5.01. The van der Waals surface area contributed by atoms with Gasteiger partial charge in [0.05, 0.1) is 18.1 Å². The van der Waals surface area contributed by atoms with Crippen LogP contribution in [-0.2, 0) is 6.54 Å². The van der Waals surface area contributed by atoms with Gasteiger partial charge in [-0.25, -0.2) is 4.98 Å². The van der Waals surface area contributed by atoms with E-state index in [2.05, 4.69) is 30.2 Å². The quantitative estimate of drug-likeness (QED) is 0.800. The molecule has 0 aliphatic carbocycles. The summed E-state index contributed by atoms with van der Waals surface area (Å²) in [5, 5.41) is 12.2. The van der Waals surface area contributed by atoms with Crippen LogP contribution in [0.2, 0.25) is 0 Å². The summed E-state index contributed by atoms with van der Waals surface area (Å²) < 4.78 is 1.87. The minimum atomic E-state index is -0.0923. The fraction of sp³-hybridized carbons (Fsp3) is 0.636. The van der Waals surface area contributed by atoms with Gasteiger partial charge in [0.25, 0.3) is 0 Å². The Morgan fingerprint density at radius 2 is 2.33 bits per heavy atom. The second kappa shape index (κ2) is 5.52. The second-order valence-corrected chi connectivity index (χ2v) is 3.90. The highest BCUT2D eigenvalue weighted by atomic mass is 15.1. The van der Waals surface area contributed by atoms with Crippen LogP contribution in [0.5, 0.6) is 0 Å². The van der Waals surface area contributed by atoms with Crippen molar-refractivity contribution in [1.82, 2.24) is 14.9 Å². The molecule has 1 heterocycles. The number of nitriles is 1. The average molecular weight is 206 g/mol. The molecular formula is C11H18N4. The molecule has 15 heavy (non-hydrogen) atoms. The summed E-state index contributed by atoms with van der Waals surface area (Å²) in [5.74, 6) is 0. The van der Waals surface area contributed by atoms with Crippen LogP contribution < -0.4 is 5.32 Å². The summed E-state index contributed by atoms with van der Waals surface area (Å²) >= 11 is 0. The summed E-state index contributed by atoms with van der Waals surface area (Å²) in [7, 11) is 0. The van der Waals surface area contributed by atoms with E-state index in [1.54, 1.807) is 6.33 Å². The normalized spacial score (nSPS) is 12.7. The van der Waals surface area contributed by atoms with Crippen molar-refractivity contribution in [3.05, 3.63) is 18.2 Å². The van der Waals surface area contributed by atoms with E-state index in [4.69, 9.17) is 5.26 Å². The SMILES string of the molecule is CCC(C#N)n1cnc(CNC(C)C)c1. The topological polar surface area (TPSA) is 53.6 Å². The van der Waals surface area contributed by atoms with E-state index in [0.29, 0.717) is 6.04 Å². The molecule has 0 aliphatic rings. The van der Waals surface area contributed by atoms with E-state index < -0.39 is 0 Å². The molecule has 4 heteroatoms. The first-order chi connectivity index (χ1) is 7.17. The summed E-state index contributed by atoms with van der Waals surface area (Å²) in [6.07, 6.45) is 4.48. The maximum absolute atomic E-state index is 8.89. The standard InChI is InChI=1S/C11H18N4/c1-4-11(5-12)15-7-10(14-8-15)6-13-9(2)3/h7-9,11,13H,4,6H2,1-3H3. The summed E-state index contributed by atoms with van der Waals surface area (Å²) in [6.45, 7) is 6.95. The van der Waals surface area contributed by atoms with Crippen molar-refractivity contribution in [1.29, 1.82) is 5.26 Å². The molecule has 0 amide bonds. The van der Waals surface area contributed by atoms with Crippen molar-refractivity contribution >= 4 is 0 Å². The summed E-state index contributed by atoms with van der Waals surface area (Å²) in [4.78, 5) is 4.25. The fourth-order valence-corrected chi connectivity index (χ4v) is 1.32. The lowest BCUT2D eigenvalue weighted by atomic mass is 10.2. The number of rotatable bonds is 5. The molecule has 4 nitrogen and oxygen atoms in total. The monoisotopic (exact) mass is 206 g/mol. The predicted octanol–water partition coefficient (Wildman–Crippen LogP) is 1.86. The lowest BCUT2D eigenvalue weighted by molar-refractivity contribution is 0.577. The Balaban J connectivity index is 2.60. The Kier molecular flexibility index (Phi) is 4.32. The molecule has 1 rings (SSSR count). The zero-order valence-electron chi connectivity index (χ0n) is 9.57. The van der Waals surface area contributed by atoms with Gasteiger partial charge in [-0.3, -0.25) is 0 Å². The third kappa shape index (κ3) is 3.37. The molecule has 1 unspecified atom stereocenters. The van der Waals surface area contributed by atoms with E-state index in [0.717, 1.165) is 18.7 Å². The largest absolute Gasteiger partial charge is 0.321 e. The second-order valence-electron chi connectivity index (χ2n) is 3.90. The third-order valence-electron chi connectivity index (χ3n) is 2.24. The summed E-state index contributed by atoms with van der Waals surface area (Å²) in [5.41, 5.74) is 0.984. The van der Waals surface area contributed by atoms with Gasteiger partial charge in [-0.05, 0) is 6.42 Å². The lowest BCUT2D eigenvalue weighted by Crippen LogP contribution is -2.21. The van der Waals surface area contributed by atoms with E-state index in [-0.39, 0.29) is 6.04 Å². The number of imidazole rings is 1. The molecule has 82 valence electrons. The number of aromatic nitrogens is 2. The molecule has 1 atom stereocenters. The van der Waals surface area contributed by atoms with Crippen LogP contribution in [-0.4, -0.2) is 15.6 Å². The van der Waals surface area contributed by atoms with Crippen molar-refractivity contribution in [3.63, 3.8) is 0 Å². The van der Waals surface area contributed by atoms with E-state index in [9.17, 15) is 0 Å². The van der Waals surface area contributed by atoms with E-state index >= 15 is 0 Å². The molecule has 0 fully saturated rings. The van der Waals surface area contributed by atoms with Gasteiger partial charge in [0.1, 0.15) is 6.04 Å².